The van der Waals surface area contributed by atoms with Crippen molar-refractivity contribution in [2.45, 2.75) is 25.9 Å². The van der Waals surface area contributed by atoms with Crippen molar-refractivity contribution in [1.29, 1.82) is 0 Å². The van der Waals surface area contributed by atoms with Gasteiger partial charge in [-0.1, -0.05) is 30.3 Å². The zero-order valence-electron chi connectivity index (χ0n) is 16.0. The molecule has 9 nitrogen and oxygen atoms in total. The number of aromatic nitrogens is 4. The lowest BCUT2D eigenvalue weighted by molar-refractivity contribution is 0.102. The van der Waals surface area contributed by atoms with Gasteiger partial charge in [0, 0.05) is 19.8 Å². The molecule has 0 saturated heterocycles. The molecule has 0 radical (unpaired) electrons. The van der Waals surface area contributed by atoms with Crippen LogP contribution >= 0.6 is 0 Å². The summed E-state index contributed by atoms with van der Waals surface area (Å²) in [6.07, 6.45) is 5.01. The lowest BCUT2D eigenvalue weighted by atomic mass is 10.2. The summed E-state index contributed by atoms with van der Waals surface area (Å²) in [5.41, 5.74) is 6.14. The Morgan fingerprint density at radius 3 is 2.66 bits per heavy atom. The molecule has 4 rings (SSSR count). The van der Waals surface area contributed by atoms with E-state index in [0.717, 1.165) is 23.0 Å². The smallest absolute Gasteiger partial charge is 0.332 e. The highest BCUT2D eigenvalue weighted by Gasteiger charge is 2.26. The van der Waals surface area contributed by atoms with Gasteiger partial charge in [-0.2, -0.15) is 5.10 Å². The standard InChI is InChI=1S/C20H22N6O3/c1-24-17(21)16(19(28)26(20(24)29)11-14-7-8-14)23-18(27)15-9-22-25(12-15)10-13-5-3-2-4-6-13/h2-6,9,12,14H,7-8,10-11,21H2,1H3,(H,23,27). The first kappa shape index (κ1) is 18.7. The Morgan fingerprint density at radius 2 is 1.97 bits per heavy atom. The maximum atomic E-state index is 12.8. The molecule has 1 aliphatic rings. The van der Waals surface area contributed by atoms with Crippen LogP contribution in [0.15, 0.2) is 52.3 Å². The van der Waals surface area contributed by atoms with Crippen LogP contribution in [0.4, 0.5) is 11.5 Å². The van der Waals surface area contributed by atoms with Gasteiger partial charge in [-0.3, -0.25) is 23.4 Å². The predicted molar refractivity (Wildman–Crippen MR) is 109 cm³/mol. The summed E-state index contributed by atoms with van der Waals surface area (Å²) < 4.78 is 3.96. The first-order chi connectivity index (χ1) is 13.9. The molecule has 3 N–H and O–H groups in total. The lowest BCUT2D eigenvalue weighted by Gasteiger charge is -2.14. The molecular formula is C20H22N6O3. The molecule has 0 spiro atoms. The third-order valence-electron chi connectivity index (χ3n) is 5.05. The van der Waals surface area contributed by atoms with Crippen LogP contribution in [0.5, 0.6) is 0 Å². The van der Waals surface area contributed by atoms with E-state index in [9.17, 15) is 14.4 Å². The molecule has 1 aliphatic carbocycles. The fourth-order valence-corrected chi connectivity index (χ4v) is 3.14. The molecule has 0 bridgehead atoms. The van der Waals surface area contributed by atoms with Crippen molar-refractivity contribution in [3.63, 3.8) is 0 Å². The molecule has 1 fully saturated rings. The molecule has 3 aromatic rings. The van der Waals surface area contributed by atoms with Gasteiger partial charge in [0.2, 0.25) is 0 Å². The second kappa shape index (κ2) is 7.42. The molecular weight excluding hydrogens is 372 g/mol. The van der Waals surface area contributed by atoms with Gasteiger partial charge >= 0.3 is 5.69 Å². The van der Waals surface area contributed by atoms with Gasteiger partial charge in [-0.15, -0.1) is 0 Å². The lowest BCUT2D eigenvalue weighted by Crippen LogP contribution is -2.42. The van der Waals surface area contributed by atoms with E-state index < -0.39 is 17.2 Å². The van der Waals surface area contributed by atoms with Gasteiger partial charge in [-0.25, -0.2) is 4.79 Å². The number of carbonyl (C=O) groups is 1. The quantitative estimate of drug-likeness (QED) is 0.648. The number of nitrogens with one attached hydrogen (secondary N) is 1. The number of nitrogens with two attached hydrogens (primary N) is 1. The Labute approximate surface area is 166 Å². The van der Waals surface area contributed by atoms with Crippen LogP contribution in [0.25, 0.3) is 0 Å². The fourth-order valence-electron chi connectivity index (χ4n) is 3.14. The minimum atomic E-state index is -0.581. The van der Waals surface area contributed by atoms with Gasteiger partial charge in [-0.05, 0) is 24.3 Å². The van der Waals surface area contributed by atoms with Crippen molar-refractivity contribution in [2.75, 3.05) is 11.1 Å². The number of anilines is 2. The molecule has 0 atom stereocenters. The van der Waals surface area contributed by atoms with E-state index in [1.165, 1.54) is 17.8 Å². The molecule has 150 valence electrons. The zero-order chi connectivity index (χ0) is 20.5. The molecule has 0 unspecified atom stereocenters. The minimum absolute atomic E-state index is 0.0722. The maximum Gasteiger partial charge on any atom is 0.332 e. The molecule has 0 aliphatic heterocycles. The maximum absolute atomic E-state index is 12.8. The highest BCUT2D eigenvalue weighted by Crippen LogP contribution is 2.29. The predicted octanol–water partition coefficient (Wildman–Crippen LogP) is 1.04. The molecule has 2 heterocycles. The van der Waals surface area contributed by atoms with Crippen LogP contribution in [-0.2, 0) is 20.1 Å². The largest absolute Gasteiger partial charge is 0.383 e. The third-order valence-corrected chi connectivity index (χ3v) is 5.05. The Bertz CT molecular complexity index is 1170. The number of hydrogen-bond acceptors (Lipinski definition) is 5. The SMILES string of the molecule is Cn1c(N)c(NC(=O)c2cnn(Cc3ccccc3)c2)c(=O)n(CC2CC2)c1=O. The molecule has 29 heavy (non-hydrogen) atoms. The Balaban J connectivity index is 1.58. The highest BCUT2D eigenvalue weighted by atomic mass is 16.2. The summed E-state index contributed by atoms with van der Waals surface area (Å²) in [4.78, 5) is 37.8. The fraction of sp³-hybridized carbons (Fsp3) is 0.300. The summed E-state index contributed by atoms with van der Waals surface area (Å²) in [5, 5.41) is 6.77. The van der Waals surface area contributed by atoms with Crippen LogP contribution in [0, 0.1) is 5.92 Å². The van der Waals surface area contributed by atoms with Gasteiger partial charge in [0.25, 0.3) is 11.5 Å². The van der Waals surface area contributed by atoms with Crippen molar-refractivity contribution in [3.8, 4) is 0 Å². The number of amides is 1. The van der Waals surface area contributed by atoms with Gasteiger partial charge < -0.3 is 11.1 Å². The van der Waals surface area contributed by atoms with Gasteiger partial charge in [0.05, 0.1) is 18.3 Å². The van der Waals surface area contributed by atoms with Crippen molar-refractivity contribution < 1.29 is 4.79 Å². The second-order valence-corrected chi connectivity index (χ2v) is 7.33. The average molecular weight is 394 g/mol. The van der Waals surface area contributed by atoms with E-state index in [0.29, 0.717) is 24.6 Å². The van der Waals surface area contributed by atoms with E-state index in [2.05, 4.69) is 10.4 Å². The van der Waals surface area contributed by atoms with Crippen molar-refractivity contribution in [1.82, 2.24) is 18.9 Å². The molecule has 1 saturated carbocycles. The number of nitrogen functional groups attached to an aromatic ring is 1. The van der Waals surface area contributed by atoms with E-state index in [1.807, 2.05) is 30.3 Å². The third kappa shape index (κ3) is 3.84. The summed E-state index contributed by atoms with van der Waals surface area (Å²) in [5.74, 6) is -0.259. The highest BCUT2D eigenvalue weighted by molar-refractivity contribution is 6.05. The van der Waals surface area contributed by atoms with Crippen LogP contribution in [0.2, 0.25) is 0 Å². The van der Waals surface area contributed by atoms with Gasteiger partial charge in [0.1, 0.15) is 11.5 Å². The zero-order valence-corrected chi connectivity index (χ0v) is 16.0. The summed E-state index contributed by atoms with van der Waals surface area (Å²) in [6.45, 7) is 0.855. The number of hydrogen-bond donors (Lipinski definition) is 2. The van der Waals surface area contributed by atoms with E-state index in [1.54, 1.807) is 10.9 Å². The monoisotopic (exact) mass is 394 g/mol. The summed E-state index contributed by atoms with van der Waals surface area (Å²) in [7, 11) is 1.48. The first-order valence-electron chi connectivity index (χ1n) is 9.41. The number of nitrogens with zero attached hydrogens (tertiary/aromatic N) is 4. The Kier molecular flexibility index (Phi) is 4.79. The minimum Gasteiger partial charge on any atom is -0.383 e. The van der Waals surface area contributed by atoms with Crippen LogP contribution in [0.3, 0.4) is 0 Å². The molecule has 1 aromatic carbocycles. The molecule has 2 aromatic heterocycles. The second-order valence-electron chi connectivity index (χ2n) is 7.33. The van der Waals surface area contributed by atoms with Crippen LogP contribution in [0.1, 0.15) is 28.8 Å². The Morgan fingerprint density at radius 1 is 1.24 bits per heavy atom. The molecule has 9 heteroatoms. The van der Waals surface area contributed by atoms with E-state index in [-0.39, 0.29) is 11.5 Å². The van der Waals surface area contributed by atoms with E-state index >= 15 is 0 Å². The van der Waals surface area contributed by atoms with Crippen molar-refractivity contribution >= 4 is 17.4 Å². The normalized spacial score (nSPS) is 13.4. The summed E-state index contributed by atoms with van der Waals surface area (Å²) >= 11 is 0. The van der Waals surface area contributed by atoms with E-state index in [4.69, 9.17) is 5.73 Å². The first-order valence-corrected chi connectivity index (χ1v) is 9.41. The summed E-state index contributed by atoms with van der Waals surface area (Å²) in [6, 6.07) is 9.73. The van der Waals surface area contributed by atoms with Crippen molar-refractivity contribution in [3.05, 3.63) is 74.7 Å². The molecule has 1 amide bonds. The topological polar surface area (TPSA) is 117 Å². The van der Waals surface area contributed by atoms with Crippen LogP contribution < -0.4 is 22.3 Å². The number of carbonyl (C=O) groups excluding carboxylic acids is 1. The van der Waals surface area contributed by atoms with Gasteiger partial charge in [0.15, 0.2) is 0 Å². The van der Waals surface area contributed by atoms with Crippen molar-refractivity contribution in [2.24, 2.45) is 13.0 Å². The number of rotatable bonds is 6. The number of benzene rings is 1. The van der Waals surface area contributed by atoms with Crippen LogP contribution in [-0.4, -0.2) is 24.8 Å². The Hall–Kier alpha value is -3.62. The average Bonchev–Trinajstić information content (AvgIpc) is 3.43.